The highest BCUT2D eigenvalue weighted by Crippen LogP contribution is 2.30. The topological polar surface area (TPSA) is 75.2 Å². The smallest absolute Gasteiger partial charge is 0.227 e. The zero-order valence-corrected chi connectivity index (χ0v) is 17.9. The Morgan fingerprint density at radius 2 is 1.93 bits per heavy atom. The molecule has 1 amide bonds. The van der Waals surface area contributed by atoms with E-state index in [-0.39, 0.29) is 5.91 Å². The fourth-order valence-corrected chi connectivity index (χ4v) is 3.34. The standard InChI is InChI=1S/C23H30N4O3/c1-4-24-23(26-18-10-13-20(29-3)21(15-18)30-5-2)25-16-17-8-11-19(12-9-17)27-14-6-7-22(27)28/h8-13,15H,4-7,14,16H2,1-3H3,(H2,24,25,26). The number of nitrogens with one attached hydrogen (secondary N) is 2. The van der Waals surface area contributed by atoms with Crippen LogP contribution in [0.25, 0.3) is 0 Å². The Hall–Kier alpha value is -3.22. The lowest BCUT2D eigenvalue weighted by atomic mass is 10.2. The van der Waals surface area contributed by atoms with Crippen molar-refractivity contribution in [2.45, 2.75) is 33.2 Å². The molecule has 1 aliphatic rings. The Balaban J connectivity index is 1.68. The van der Waals surface area contributed by atoms with E-state index in [2.05, 4.69) is 15.6 Å². The van der Waals surface area contributed by atoms with Crippen molar-refractivity contribution < 1.29 is 14.3 Å². The van der Waals surface area contributed by atoms with Crippen LogP contribution in [0.5, 0.6) is 11.5 Å². The molecule has 7 nitrogen and oxygen atoms in total. The monoisotopic (exact) mass is 410 g/mol. The Morgan fingerprint density at radius 3 is 2.57 bits per heavy atom. The van der Waals surface area contributed by atoms with Gasteiger partial charge in [0.1, 0.15) is 0 Å². The van der Waals surface area contributed by atoms with Crippen molar-refractivity contribution in [3.8, 4) is 11.5 Å². The van der Waals surface area contributed by atoms with Crippen molar-refractivity contribution in [1.29, 1.82) is 0 Å². The Morgan fingerprint density at radius 1 is 1.13 bits per heavy atom. The van der Waals surface area contributed by atoms with Crippen LogP contribution in [0.4, 0.5) is 11.4 Å². The van der Waals surface area contributed by atoms with Crippen LogP contribution in [0.1, 0.15) is 32.3 Å². The van der Waals surface area contributed by atoms with Gasteiger partial charge in [0.05, 0.1) is 20.3 Å². The minimum atomic E-state index is 0.199. The molecular weight excluding hydrogens is 380 g/mol. The summed E-state index contributed by atoms with van der Waals surface area (Å²) in [6.45, 7) is 6.60. The molecule has 2 aromatic rings. The van der Waals surface area contributed by atoms with E-state index in [1.165, 1.54) is 0 Å². The lowest BCUT2D eigenvalue weighted by Gasteiger charge is -2.16. The van der Waals surface area contributed by atoms with Gasteiger partial charge in [-0.15, -0.1) is 0 Å². The van der Waals surface area contributed by atoms with Crippen LogP contribution in [0, 0.1) is 0 Å². The van der Waals surface area contributed by atoms with E-state index in [1.807, 2.05) is 61.2 Å². The first-order valence-electron chi connectivity index (χ1n) is 10.4. The third-order valence-corrected chi connectivity index (χ3v) is 4.81. The van der Waals surface area contributed by atoms with Gasteiger partial charge in [0, 0.05) is 37.0 Å². The molecule has 0 aliphatic carbocycles. The second-order valence-electron chi connectivity index (χ2n) is 6.93. The van der Waals surface area contributed by atoms with E-state index < -0.39 is 0 Å². The van der Waals surface area contributed by atoms with Gasteiger partial charge < -0.3 is 25.0 Å². The lowest BCUT2D eigenvalue weighted by molar-refractivity contribution is -0.117. The van der Waals surface area contributed by atoms with Crippen molar-refractivity contribution in [3.05, 3.63) is 48.0 Å². The molecule has 0 aromatic heterocycles. The van der Waals surface area contributed by atoms with Gasteiger partial charge in [0.15, 0.2) is 17.5 Å². The molecule has 0 bridgehead atoms. The third kappa shape index (κ3) is 5.43. The van der Waals surface area contributed by atoms with Crippen LogP contribution in [-0.2, 0) is 11.3 Å². The quantitative estimate of drug-likeness (QED) is 0.511. The number of hydrogen-bond donors (Lipinski definition) is 2. The molecule has 3 rings (SSSR count). The maximum absolute atomic E-state index is 11.9. The zero-order chi connectivity index (χ0) is 21.3. The number of methoxy groups -OCH3 is 1. The van der Waals surface area contributed by atoms with E-state index in [0.29, 0.717) is 37.0 Å². The van der Waals surface area contributed by atoms with Crippen LogP contribution >= 0.6 is 0 Å². The molecule has 0 unspecified atom stereocenters. The summed E-state index contributed by atoms with van der Waals surface area (Å²) in [5, 5.41) is 6.57. The normalized spacial score (nSPS) is 14.0. The van der Waals surface area contributed by atoms with Gasteiger partial charge in [0.25, 0.3) is 0 Å². The van der Waals surface area contributed by atoms with Crippen LogP contribution in [-0.4, -0.2) is 38.7 Å². The number of benzene rings is 2. The molecule has 1 heterocycles. The first-order chi connectivity index (χ1) is 14.6. The summed E-state index contributed by atoms with van der Waals surface area (Å²) in [5.41, 5.74) is 2.89. The first-order valence-corrected chi connectivity index (χ1v) is 10.4. The SMILES string of the molecule is CCNC(=NCc1ccc(N2CCCC2=O)cc1)Nc1ccc(OC)c(OCC)c1. The van der Waals surface area contributed by atoms with Crippen molar-refractivity contribution in [2.24, 2.45) is 4.99 Å². The molecule has 0 saturated carbocycles. The molecule has 1 aliphatic heterocycles. The van der Waals surface area contributed by atoms with Crippen LogP contribution in [0.3, 0.4) is 0 Å². The van der Waals surface area contributed by atoms with Gasteiger partial charge in [-0.2, -0.15) is 0 Å². The minimum absolute atomic E-state index is 0.199. The molecule has 30 heavy (non-hydrogen) atoms. The fourth-order valence-electron chi connectivity index (χ4n) is 3.34. The van der Waals surface area contributed by atoms with Crippen molar-refractivity contribution in [1.82, 2.24) is 5.32 Å². The molecule has 2 aromatic carbocycles. The minimum Gasteiger partial charge on any atom is -0.493 e. The molecule has 0 radical (unpaired) electrons. The average molecular weight is 411 g/mol. The molecule has 0 spiro atoms. The third-order valence-electron chi connectivity index (χ3n) is 4.81. The highest BCUT2D eigenvalue weighted by Gasteiger charge is 2.21. The average Bonchev–Trinajstić information content (AvgIpc) is 3.19. The van der Waals surface area contributed by atoms with E-state index in [1.54, 1.807) is 7.11 Å². The van der Waals surface area contributed by atoms with Crippen LogP contribution < -0.4 is 25.0 Å². The van der Waals surface area contributed by atoms with Crippen molar-refractivity contribution in [3.63, 3.8) is 0 Å². The number of hydrogen-bond acceptors (Lipinski definition) is 4. The number of guanidine groups is 1. The number of carbonyl (C=O) groups is 1. The van der Waals surface area contributed by atoms with Gasteiger partial charge in [-0.3, -0.25) is 4.79 Å². The molecule has 160 valence electrons. The van der Waals surface area contributed by atoms with Crippen molar-refractivity contribution in [2.75, 3.05) is 37.0 Å². The summed E-state index contributed by atoms with van der Waals surface area (Å²) in [5.74, 6) is 2.27. The van der Waals surface area contributed by atoms with Crippen LogP contribution in [0.2, 0.25) is 0 Å². The number of amides is 1. The molecule has 7 heteroatoms. The number of nitrogens with zero attached hydrogens (tertiary/aromatic N) is 2. The van der Waals surface area contributed by atoms with E-state index >= 15 is 0 Å². The molecule has 0 atom stereocenters. The highest BCUT2D eigenvalue weighted by molar-refractivity contribution is 5.95. The molecule has 1 fully saturated rings. The molecular formula is C23H30N4O3. The number of carbonyl (C=O) groups excluding carboxylic acids is 1. The van der Waals surface area contributed by atoms with Gasteiger partial charge >= 0.3 is 0 Å². The van der Waals surface area contributed by atoms with Gasteiger partial charge in [0.2, 0.25) is 5.91 Å². The maximum atomic E-state index is 11.9. The van der Waals surface area contributed by atoms with Crippen molar-refractivity contribution >= 4 is 23.2 Å². The Bertz CT molecular complexity index is 881. The lowest BCUT2D eigenvalue weighted by Crippen LogP contribution is -2.30. The number of rotatable bonds is 8. The van der Waals surface area contributed by atoms with Gasteiger partial charge in [-0.25, -0.2) is 4.99 Å². The van der Waals surface area contributed by atoms with Gasteiger partial charge in [-0.1, -0.05) is 12.1 Å². The summed E-state index contributed by atoms with van der Waals surface area (Å²) in [6, 6.07) is 13.7. The summed E-state index contributed by atoms with van der Waals surface area (Å²) < 4.78 is 11.0. The zero-order valence-electron chi connectivity index (χ0n) is 17.9. The maximum Gasteiger partial charge on any atom is 0.227 e. The predicted molar refractivity (Wildman–Crippen MR) is 121 cm³/mol. The Kier molecular flexibility index (Phi) is 7.54. The number of aliphatic imine (C=N–C) groups is 1. The summed E-state index contributed by atoms with van der Waals surface area (Å²) in [4.78, 5) is 18.4. The van der Waals surface area contributed by atoms with Gasteiger partial charge in [-0.05, 0) is 50.1 Å². The summed E-state index contributed by atoms with van der Waals surface area (Å²) >= 11 is 0. The van der Waals surface area contributed by atoms with E-state index in [9.17, 15) is 4.79 Å². The first kappa shape index (κ1) is 21.5. The molecule has 2 N–H and O–H groups in total. The van der Waals surface area contributed by atoms with E-state index in [0.717, 1.165) is 36.4 Å². The summed E-state index contributed by atoms with van der Waals surface area (Å²) in [6.07, 6.45) is 1.57. The van der Waals surface area contributed by atoms with Crippen LogP contribution in [0.15, 0.2) is 47.5 Å². The predicted octanol–water partition coefficient (Wildman–Crippen LogP) is 3.80. The fraction of sp³-hybridized carbons (Fsp3) is 0.391. The number of anilines is 2. The second kappa shape index (κ2) is 10.5. The Labute approximate surface area is 178 Å². The highest BCUT2D eigenvalue weighted by atomic mass is 16.5. The molecule has 1 saturated heterocycles. The van der Waals surface area contributed by atoms with E-state index in [4.69, 9.17) is 9.47 Å². The number of ether oxygens (including phenoxy) is 2. The second-order valence-corrected chi connectivity index (χ2v) is 6.93. The summed E-state index contributed by atoms with van der Waals surface area (Å²) in [7, 11) is 1.63. The largest absolute Gasteiger partial charge is 0.493 e.